The summed E-state index contributed by atoms with van der Waals surface area (Å²) in [5.41, 5.74) is 1.39. The lowest BCUT2D eigenvalue weighted by atomic mass is 9.89. The van der Waals surface area contributed by atoms with E-state index in [4.69, 9.17) is 0 Å². The zero-order chi connectivity index (χ0) is 13.5. The Labute approximate surface area is 117 Å². The molecule has 1 aromatic heterocycles. The molecular weight excluding hydrogens is 234 g/mol. The van der Waals surface area contributed by atoms with Crippen LogP contribution in [0.15, 0.2) is 24.5 Å². The third-order valence-corrected chi connectivity index (χ3v) is 4.11. The second kappa shape index (κ2) is 7.61. The number of aromatic nitrogens is 1. The van der Waals surface area contributed by atoms with Gasteiger partial charge in [0.2, 0.25) is 0 Å². The van der Waals surface area contributed by atoms with E-state index in [0.717, 1.165) is 6.54 Å². The van der Waals surface area contributed by atoms with Crippen LogP contribution in [0.3, 0.4) is 0 Å². The largest absolute Gasteiger partial charge is 0.319 e. The van der Waals surface area contributed by atoms with Crippen LogP contribution in [0.5, 0.6) is 0 Å². The molecule has 1 fully saturated rings. The smallest absolute Gasteiger partial charge is 0.0403 e. The minimum absolute atomic E-state index is 0.531. The highest BCUT2D eigenvalue weighted by atomic mass is 15.2. The average molecular weight is 261 g/mol. The molecule has 0 amide bonds. The molecule has 2 heterocycles. The van der Waals surface area contributed by atoms with Gasteiger partial charge in [0.15, 0.2) is 0 Å². The molecule has 0 bridgehead atoms. The summed E-state index contributed by atoms with van der Waals surface area (Å²) in [6, 6.07) is 4.85. The average Bonchev–Trinajstić information content (AvgIpc) is 2.63. The van der Waals surface area contributed by atoms with Gasteiger partial charge in [-0.2, -0.15) is 0 Å². The van der Waals surface area contributed by atoms with E-state index in [1.807, 2.05) is 6.20 Å². The Bertz CT molecular complexity index is 336. The number of nitrogens with zero attached hydrogens (tertiary/aromatic N) is 2. The van der Waals surface area contributed by atoms with Crippen molar-refractivity contribution in [3.05, 3.63) is 30.1 Å². The van der Waals surface area contributed by atoms with Gasteiger partial charge in [-0.05, 0) is 63.5 Å². The maximum Gasteiger partial charge on any atom is 0.0403 e. The number of hydrogen-bond acceptors (Lipinski definition) is 3. The maximum atomic E-state index is 4.33. The van der Waals surface area contributed by atoms with Crippen LogP contribution in [0.25, 0.3) is 0 Å². The molecule has 1 saturated heterocycles. The van der Waals surface area contributed by atoms with E-state index >= 15 is 0 Å². The topological polar surface area (TPSA) is 28.2 Å². The molecule has 1 N–H and O–H groups in total. The SMILES string of the molecule is CCCN1CCCCC(CNC)C1c1cccnc1. The van der Waals surface area contributed by atoms with Crippen LogP contribution in [-0.4, -0.2) is 36.6 Å². The van der Waals surface area contributed by atoms with E-state index in [2.05, 4.69) is 47.5 Å². The van der Waals surface area contributed by atoms with Crippen LogP contribution in [0.4, 0.5) is 0 Å². The van der Waals surface area contributed by atoms with Gasteiger partial charge in [-0.25, -0.2) is 0 Å². The monoisotopic (exact) mass is 261 g/mol. The van der Waals surface area contributed by atoms with E-state index in [1.165, 1.54) is 44.3 Å². The molecule has 0 radical (unpaired) electrons. The molecule has 106 valence electrons. The van der Waals surface area contributed by atoms with Gasteiger partial charge in [0, 0.05) is 18.4 Å². The molecule has 0 spiro atoms. The van der Waals surface area contributed by atoms with Gasteiger partial charge in [-0.15, -0.1) is 0 Å². The van der Waals surface area contributed by atoms with Crippen molar-refractivity contribution in [3.63, 3.8) is 0 Å². The minimum Gasteiger partial charge on any atom is -0.319 e. The van der Waals surface area contributed by atoms with Crippen LogP contribution in [-0.2, 0) is 0 Å². The molecule has 0 aliphatic carbocycles. The van der Waals surface area contributed by atoms with E-state index < -0.39 is 0 Å². The third-order valence-electron chi connectivity index (χ3n) is 4.11. The third kappa shape index (κ3) is 3.77. The number of likely N-dealkylation sites (tertiary alicyclic amines) is 1. The quantitative estimate of drug-likeness (QED) is 0.883. The molecule has 2 unspecified atom stereocenters. The van der Waals surface area contributed by atoms with Crippen molar-refractivity contribution in [1.82, 2.24) is 15.2 Å². The highest BCUT2D eigenvalue weighted by Gasteiger charge is 2.30. The van der Waals surface area contributed by atoms with Crippen LogP contribution < -0.4 is 5.32 Å². The molecular formula is C16H27N3. The van der Waals surface area contributed by atoms with Crippen LogP contribution in [0, 0.1) is 5.92 Å². The summed E-state index contributed by atoms with van der Waals surface area (Å²) in [6.07, 6.45) is 9.16. The van der Waals surface area contributed by atoms with Crippen molar-refractivity contribution in [2.45, 2.75) is 38.6 Å². The highest BCUT2D eigenvalue weighted by Crippen LogP contribution is 2.34. The van der Waals surface area contributed by atoms with E-state index in [0.29, 0.717) is 12.0 Å². The molecule has 0 aromatic carbocycles. The Morgan fingerprint density at radius 1 is 1.42 bits per heavy atom. The number of rotatable bonds is 5. The first-order chi connectivity index (χ1) is 9.36. The van der Waals surface area contributed by atoms with Gasteiger partial charge in [-0.3, -0.25) is 9.88 Å². The first-order valence-electron chi connectivity index (χ1n) is 7.65. The summed E-state index contributed by atoms with van der Waals surface area (Å²) in [7, 11) is 2.06. The maximum absolute atomic E-state index is 4.33. The number of nitrogens with one attached hydrogen (secondary N) is 1. The highest BCUT2D eigenvalue weighted by molar-refractivity contribution is 5.16. The van der Waals surface area contributed by atoms with Gasteiger partial charge in [0.05, 0.1) is 0 Å². The fourth-order valence-electron chi connectivity index (χ4n) is 3.36. The normalized spacial score (nSPS) is 25.2. The summed E-state index contributed by atoms with van der Waals surface area (Å²) >= 11 is 0. The molecule has 3 heteroatoms. The van der Waals surface area contributed by atoms with E-state index in [-0.39, 0.29) is 0 Å². The zero-order valence-corrected chi connectivity index (χ0v) is 12.3. The van der Waals surface area contributed by atoms with Crippen molar-refractivity contribution < 1.29 is 0 Å². The Kier molecular flexibility index (Phi) is 5.80. The second-order valence-corrected chi connectivity index (χ2v) is 5.58. The van der Waals surface area contributed by atoms with Gasteiger partial charge < -0.3 is 5.32 Å². The Balaban J connectivity index is 2.25. The molecule has 1 aromatic rings. The lowest BCUT2D eigenvalue weighted by molar-refractivity contribution is 0.154. The molecule has 1 aliphatic heterocycles. The molecule has 19 heavy (non-hydrogen) atoms. The lowest BCUT2D eigenvalue weighted by Gasteiger charge is -2.35. The molecule has 3 nitrogen and oxygen atoms in total. The van der Waals surface area contributed by atoms with Gasteiger partial charge in [0.25, 0.3) is 0 Å². The molecule has 2 rings (SSSR count). The molecule has 0 saturated carbocycles. The molecule has 1 aliphatic rings. The second-order valence-electron chi connectivity index (χ2n) is 5.58. The van der Waals surface area contributed by atoms with Crippen LogP contribution in [0.2, 0.25) is 0 Å². The van der Waals surface area contributed by atoms with Crippen LogP contribution >= 0.6 is 0 Å². The standard InChI is InChI=1S/C16H27N3/c1-3-10-19-11-5-4-7-14(12-17-2)16(19)15-8-6-9-18-13-15/h6,8-9,13-14,16-17H,3-5,7,10-12H2,1-2H3. The fraction of sp³-hybridized carbons (Fsp3) is 0.688. The van der Waals surface area contributed by atoms with Crippen molar-refractivity contribution in [2.24, 2.45) is 5.92 Å². The van der Waals surface area contributed by atoms with Crippen molar-refractivity contribution in [1.29, 1.82) is 0 Å². The first kappa shape index (κ1) is 14.5. The first-order valence-corrected chi connectivity index (χ1v) is 7.65. The number of hydrogen-bond donors (Lipinski definition) is 1. The lowest BCUT2D eigenvalue weighted by Crippen LogP contribution is -2.36. The van der Waals surface area contributed by atoms with Crippen LogP contribution in [0.1, 0.15) is 44.2 Å². The van der Waals surface area contributed by atoms with E-state index in [1.54, 1.807) is 0 Å². The Morgan fingerprint density at radius 2 is 2.32 bits per heavy atom. The Hall–Kier alpha value is -0.930. The summed E-state index contributed by atoms with van der Waals surface area (Å²) in [5, 5.41) is 3.38. The summed E-state index contributed by atoms with van der Waals surface area (Å²) in [5.74, 6) is 0.697. The van der Waals surface area contributed by atoms with Crippen molar-refractivity contribution >= 4 is 0 Å². The van der Waals surface area contributed by atoms with E-state index in [9.17, 15) is 0 Å². The predicted molar refractivity (Wildman–Crippen MR) is 80.1 cm³/mol. The minimum atomic E-state index is 0.531. The van der Waals surface area contributed by atoms with Gasteiger partial charge in [-0.1, -0.05) is 19.4 Å². The summed E-state index contributed by atoms with van der Waals surface area (Å²) < 4.78 is 0. The fourth-order valence-corrected chi connectivity index (χ4v) is 3.36. The van der Waals surface area contributed by atoms with Gasteiger partial charge in [0.1, 0.15) is 0 Å². The predicted octanol–water partition coefficient (Wildman–Crippen LogP) is 2.85. The Morgan fingerprint density at radius 3 is 3.00 bits per heavy atom. The van der Waals surface area contributed by atoms with Crippen molar-refractivity contribution in [3.8, 4) is 0 Å². The van der Waals surface area contributed by atoms with Gasteiger partial charge >= 0.3 is 0 Å². The zero-order valence-electron chi connectivity index (χ0n) is 12.3. The summed E-state index contributed by atoms with van der Waals surface area (Å²) in [4.78, 5) is 7.01. The van der Waals surface area contributed by atoms with Crippen molar-refractivity contribution in [2.75, 3.05) is 26.7 Å². The molecule has 2 atom stereocenters. The number of pyridine rings is 1. The summed E-state index contributed by atoms with van der Waals surface area (Å²) in [6.45, 7) is 5.80.